The Labute approximate surface area is 200 Å². The van der Waals surface area contributed by atoms with Gasteiger partial charge in [-0.1, -0.05) is 54.2 Å². The van der Waals surface area contributed by atoms with Crippen molar-refractivity contribution in [3.63, 3.8) is 0 Å². The Bertz CT molecular complexity index is 1310. The van der Waals surface area contributed by atoms with E-state index in [1.165, 1.54) is 19.2 Å². The molecule has 1 aliphatic heterocycles. The Hall–Kier alpha value is -2.96. The van der Waals surface area contributed by atoms with Crippen LogP contribution in [-0.4, -0.2) is 39.8 Å². The number of hydrogen-bond donors (Lipinski definition) is 2. The summed E-state index contributed by atoms with van der Waals surface area (Å²) in [6, 6.07) is 9.84. The number of rotatable bonds is 4. The number of ether oxygens (including phenoxy) is 1. The van der Waals surface area contributed by atoms with Crippen LogP contribution in [0.25, 0.3) is 16.7 Å². The first-order valence-electron chi connectivity index (χ1n) is 10.8. The molecule has 5 rings (SSSR count). The monoisotopic (exact) mass is 484 g/mol. The van der Waals surface area contributed by atoms with Gasteiger partial charge in [0, 0.05) is 33.7 Å². The summed E-state index contributed by atoms with van der Waals surface area (Å²) < 4.78 is 5.40. The van der Waals surface area contributed by atoms with Gasteiger partial charge in [0.25, 0.3) is 11.7 Å². The van der Waals surface area contributed by atoms with Crippen LogP contribution in [0.15, 0.2) is 48.2 Å². The van der Waals surface area contributed by atoms with Crippen molar-refractivity contribution < 1.29 is 19.4 Å². The minimum atomic E-state index is -0.744. The maximum Gasteiger partial charge on any atom is 0.295 e. The molecule has 1 saturated heterocycles. The van der Waals surface area contributed by atoms with Gasteiger partial charge in [-0.15, -0.1) is 0 Å². The summed E-state index contributed by atoms with van der Waals surface area (Å²) in [6.07, 6.45) is 5.42. The van der Waals surface area contributed by atoms with E-state index in [1.54, 1.807) is 11.1 Å². The summed E-state index contributed by atoms with van der Waals surface area (Å²) in [6.45, 7) is 0. The van der Waals surface area contributed by atoms with Crippen molar-refractivity contribution in [1.82, 2.24) is 9.88 Å². The topological polar surface area (TPSA) is 82.6 Å². The predicted octanol–water partition coefficient (Wildman–Crippen LogP) is 5.85. The molecule has 2 aromatic carbocycles. The Morgan fingerprint density at radius 1 is 1.15 bits per heavy atom. The Morgan fingerprint density at radius 2 is 1.88 bits per heavy atom. The van der Waals surface area contributed by atoms with E-state index >= 15 is 0 Å². The molecule has 2 fully saturated rings. The molecular formula is C25H22Cl2N2O4. The first kappa shape index (κ1) is 21.9. The number of aromatic nitrogens is 1. The Kier molecular flexibility index (Phi) is 5.59. The zero-order valence-electron chi connectivity index (χ0n) is 17.9. The minimum Gasteiger partial charge on any atom is -0.507 e. The Balaban J connectivity index is 1.78. The van der Waals surface area contributed by atoms with Gasteiger partial charge in [0.05, 0.1) is 29.3 Å². The number of H-pyrrole nitrogens is 1. The van der Waals surface area contributed by atoms with Gasteiger partial charge in [-0.05, 0) is 31.0 Å². The van der Waals surface area contributed by atoms with Crippen LogP contribution in [0.2, 0.25) is 10.0 Å². The standard InChI is InChI=1S/C25H22Cl2N2O4/c1-33-24-16(10-13(26)11-18(24)27)22(30)20-21(17-12-28-19-9-5-4-8-15(17)19)29(25(32)23(20)31)14-6-2-3-7-14/h4-5,8-12,14,21,28,30H,2-3,6-7H2,1H3/b22-20+. The van der Waals surface area contributed by atoms with Crippen LogP contribution in [0.5, 0.6) is 5.75 Å². The summed E-state index contributed by atoms with van der Waals surface area (Å²) in [5.74, 6) is -1.51. The molecule has 1 unspecified atom stereocenters. The molecular weight excluding hydrogens is 463 g/mol. The number of ketones is 1. The lowest BCUT2D eigenvalue weighted by molar-refractivity contribution is -0.141. The van der Waals surface area contributed by atoms with E-state index in [1.807, 2.05) is 24.3 Å². The average molecular weight is 485 g/mol. The van der Waals surface area contributed by atoms with E-state index in [-0.39, 0.29) is 38.7 Å². The maximum atomic E-state index is 13.4. The number of likely N-dealkylation sites (tertiary alicyclic amines) is 1. The van der Waals surface area contributed by atoms with Crippen molar-refractivity contribution in [2.24, 2.45) is 0 Å². The van der Waals surface area contributed by atoms with E-state index in [0.29, 0.717) is 0 Å². The van der Waals surface area contributed by atoms with Crippen molar-refractivity contribution in [2.45, 2.75) is 37.8 Å². The van der Waals surface area contributed by atoms with Crippen LogP contribution >= 0.6 is 23.2 Å². The summed E-state index contributed by atoms with van der Waals surface area (Å²) in [7, 11) is 1.42. The smallest absolute Gasteiger partial charge is 0.295 e. The number of carbonyl (C=O) groups is 2. The molecule has 0 bridgehead atoms. The normalized spacial score (nSPS) is 20.8. The van der Waals surface area contributed by atoms with Crippen molar-refractivity contribution in [3.05, 3.63) is 69.3 Å². The SMILES string of the molecule is COc1c(Cl)cc(Cl)cc1/C(O)=C1\C(=O)C(=O)N(C2CCCC2)C1c1c[nH]c2ccccc12. The van der Waals surface area contributed by atoms with Crippen LogP contribution in [-0.2, 0) is 9.59 Å². The first-order chi connectivity index (χ1) is 15.9. The highest BCUT2D eigenvalue weighted by molar-refractivity contribution is 6.47. The van der Waals surface area contributed by atoms with Crippen LogP contribution in [0.3, 0.4) is 0 Å². The number of aliphatic hydroxyl groups is 1. The number of hydrogen-bond acceptors (Lipinski definition) is 4. The fraction of sp³-hybridized carbons (Fsp3) is 0.280. The first-order valence-corrected chi connectivity index (χ1v) is 11.6. The van der Waals surface area contributed by atoms with Gasteiger partial charge < -0.3 is 19.7 Å². The summed E-state index contributed by atoms with van der Waals surface area (Å²) >= 11 is 12.5. The van der Waals surface area contributed by atoms with Crippen molar-refractivity contribution in [1.29, 1.82) is 0 Å². The third-order valence-electron chi connectivity index (χ3n) is 6.58. The Morgan fingerprint density at radius 3 is 2.61 bits per heavy atom. The zero-order chi connectivity index (χ0) is 23.3. The van der Waals surface area contributed by atoms with Gasteiger partial charge in [-0.2, -0.15) is 0 Å². The van der Waals surface area contributed by atoms with Gasteiger partial charge >= 0.3 is 0 Å². The number of Topliss-reactive ketones (excluding diaryl/α,β-unsaturated/α-hetero) is 1. The molecule has 1 atom stereocenters. The number of aromatic amines is 1. The molecule has 8 heteroatoms. The quantitative estimate of drug-likeness (QED) is 0.276. The third kappa shape index (κ3) is 3.49. The largest absolute Gasteiger partial charge is 0.507 e. The number of nitrogens with zero attached hydrogens (tertiary/aromatic N) is 1. The number of fused-ring (bicyclic) bond motifs is 1. The van der Waals surface area contributed by atoms with Crippen molar-refractivity contribution >= 4 is 51.6 Å². The molecule has 2 heterocycles. The predicted molar refractivity (Wildman–Crippen MR) is 128 cm³/mol. The van der Waals surface area contributed by atoms with Crippen molar-refractivity contribution in [2.75, 3.05) is 7.11 Å². The number of halogens is 2. The van der Waals surface area contributed by atoms with E-state index in [0.717, 1.165) is 42.1 Å². The second-order valence-corrected chi connectivity index (χ2v) is 9.25. The van der Waals surface area contributed by atoms with Crippen LogP contribution < -0.4 is 4.74 Å². The van der Waals surface area contributed by atoms with E-state index in [4.69, 9.17) is 27.9 Å². The van der Waals surface area contributed by atoms with Crippen LogP contribution in [0.1, 0.15) is 42.9 Å². The maximum absolute atomic E-state index is 13.4. The molecule has 6 nitrogen and oxygen atoms in total. The van der Waals surface area contributed by atoms with E-state index in [9.17, 15) is 14.7 Å². The van der Waals surface area contributed by atoms with Gasteiger partial charge in [0.15, 0.2) is 0 Å². The van der Waals surface area contributed by atoms with Gasteiger partial charge in [0.1, 0.15) is 11.5 Å². The highest BCUT2D eigenvalue weighted by Crippen LogP contribution is 2.47. The number of amides is 1. The number of aliphatic hydroxyl groups excluding tert-OH is 1. The molecule has 2 N–H and O–H groups in total. The molecule has 1 aliphatic carbocycles. The highest BCUT2D eigenvalue weighted by atomic mass is 35.5. The number of carbonyl (C=O) groups excluding carboxylic acids is 2. The fourth-order valence-electron chi connectivity index (χ4n) is 5.12. The van der Waals surface area contributed by atoms with Crippen molar-refractivity contribution in [3.8, 4) is 5.75 Å². The van der Waals surface area contributed by atoms with Crippen LogP contribution in [0, 0.1) is 0 Å². The van der Waals surface area contributed by atoms with Gasteiger partial charge in [0.2, 0.25) is 0 Å². The molecule has 2 aliphatic rings. The van der Waals surface area contributed by atoms with Crippen LogP contribution in [0.4, 0.5) is 0 Å². The summed E-state index contributed by atoms with van der Waals surface area (Å²) in [4.78, 5) is 31.6. The number of methoxy groups -OCH3 is 1. The summed E-state index contributed by atoms with van der Waals surface area (Å²) in [5.41, 5.74) is 1.82. The second kappa shape index (κ2) is 8.43. The minimum absolute atomic E-state index is 0.00767. The molecule has 1 saturated carbocycles. The third-order valence-corrected chi connectivity index (χ3v) is 7.08. The van der Waals surface area contributed by atoms with Gasteiger partial charge in [-0.3, -0.25) is 9.59 Å². The zero-order valence-corrected chi connectivity index (χ0v) is 19.4. The van der Waals surface area contributed by atoms with E-state index in [2.05, 4.69) is 4.98 Å². The lowest BCUT2D eigenvalue weighted by Crippen LogP contribution is -2.37. The van der Waals surface area contributed by atoms with Gasteiger partial charge in [-0.25, -0.2) is 0 Å². The molecule has 1 amide bonds. The highest BCUT2D eigenvalue weighted by Gasteiger charge is 2.50. The number of benzene rings is 2. The number of para-hydroxylation sites is 1. The average Bonchev–Trinajstić information content (AvgIpc) is 3.52. The molecule has 170 valence electrons. The molecule has 3 aromatic rings. The molecule has 1 aromatic heterocycles. The lowest BCUT2D eigenvalue weighted by Gasteiger charge is -2.30. The van der Waals surface area contributed by atoms with E-state index < -0.39 is 17.7 Å². The molecule has 33 heavy (non-hydrogen) atoms. The molecule has 0 spiro atoms. The molecule has 0 radical (unpaired) electrons. The second-order valence-electron chi connectivity index (χ2n) is 8.40. The number of nitrogens with one attached hydrogen (secondary N) is 1. The summed E-state index contributed by atoms with van der Waals surface area (Å²) in [5, 5.41) is 12.8. The lowest BCUT2D eigenvalue weighted by atomic mass is 9.94. The fourth-order valence-corrected chi connectivity index (χ4v) is 5.69.